The SMILES string of the molecule is CC[C@H](C)[C@H](NC(=O)[C@H](C)NC(=O)[C@H](Cc1ccccc1)NC(=O)CNC(=O)[C@H](CC(C)C)NC(=O)CNC(=O)[C@H](Cc1ccccc1)NC(=O)[C@H](CC(C)C)NC(=O)[C@@H](N)C(C)C)C(=O)O. The van der Waals surface area contributed by atoms with E-state index in [1.807, 2.05) is 27.7 Å². The van der Waals surface area contributed by atoms with Crippen LogP contribution in [-0.2, 0) is 56.0 Å². The molecule has 0 aliphatic carbocycles. The van der Waals surface area contributed by atoms with Gasteiger partial charge in [-0.25, -0.2) is 4.79 Å². The van der Waals surface area contributed by atoms with E-state index in [1.54, 1.807) is 88.4 Å². The molecule has 0 bridgehead atoms. The number of nitrogens with two attached hydrogens (primary N) is 1. The Balaban J connectivity index is 2.15. The molecule has 0 radical (unpaired) electrons. The molecule has 8 atom stereocenters. The molecule has 0 aliphatic heterocycles. The molecule has 0 unspecified atom stereocenters. The summed E-state index contributed by atoms with van der Waals surface area (Å²) in [5.74, 6) is -7.33. The van der Waals surface area contributed by atoms with Gasteiger partial charge in [0.15, 0.2) is 0 Å². The van der Waals surface area contributed by atoms with Crippen molar-refractivity contribution in [2.45, 2.75) is 137 Å². The van der Waals surface area contributed by atoms with Crippen molar-refractivity contribution in [2.75, 3.05) is 13.1 Å². The highest BCUT2D eigenvalue weighted by Crippen LogP contribution is 2.12. The quantitative estimate of drug-likeness (QED) is 0.0571. The average Bonchev–Trinajstić information content (AvgIpc) is 3.27. The van der Waals surface area contributed by atoms with E-state index in [0.29, 0.717) is 17.5 Å². The van der Waals surface area contributed by atoms with Crippen LogP contribution in [0.2, 0.25) is 0 Å². The van der Waals surface area contributed by atoms with Gasteiger partial charge in [0.25, 0.3) is 0 Å². The third kappa shape index (κ3) is 20.8. The van der Waals surface area contributed by atoms with Crippen molar-refractivity contribution >= 4 is 53.2 Å². The van der Waals surface area contributed by atoms with Gasteiger partial charge in [0.2, 0.25) is 47.3 Å². The lowest BCUT2D eigenvalue weighted by molar-refractivity contribution is -0.143. The number of carboxylic acid groups (broad SMARTS) is 1. The maximum Gasteiger partial charge on any atom is 0.326 e. The Morgan fingerprint density at radius 1 is 0.507 bits per heavy atom. The first-order chi connectivity index (χ1) is 31.5. The molecule has 19 nitrogen and oxygen atoms in total. The number of carbonyl (C=O) groups is 9. The van der Waals surface area contributed by atoms with Gasteiger partial charge in [-0.3, -0.25) is 38.4 Å². The van der Waals surface area contributed by atoms with Crippen molar-refractivity contribution in [2.24, 2.45) is 29.4 Å². The van der Waals surface area contributed by atoms with Crippen molar-refractivity contribution in [3.63, 3.8) is 0 Å². The Labute approximate surface area is 394 Å². The predicted octanol–water partition coefficient (Wildman–Crippen LogP) is 0.839. The Hall–Kier alpha value is -6.37. The van der Waals surface area contributed by atoms with Gasteiger partial charge in [-0.05, 0) is 54.6 Å². The van der Waals surface area contributed by atoms with Crippen molar-refractivity contribution in [1.29, 1.82) is 0 Å². The van der Waals surface area contributed by atoms with E-state index in [-0.39, 0.29) is 49.4 Å². The number of hydrogen-bond acceptors (Lipinski definition) is 10. The number of benzene rings is 2. The molecule has 0 saturated carbocycles. The lowest BCUT2D eigenvalue weighted by Crippen LogP contribution is -2.58. The van der Waals surface area contributed by atoms with E-state index in [1.165, 1.54) is 6.92 Å². The highest BCUT2D eigenvalue weighted by Gasteiger charge is 2.32. The molecule has 11 N–H and O–H groups in total. The van der Waals surface area contributed by atoms with E-state index in [2.05, 4.69) is 42.5 Å². The minimum atomic E-state index is -1.21. The summed E-state index contributed by atoms with van der Waals surface area (Å²) in [6.07, 6.45) is 0.983. The third-order valence-corrected chi connectivity index (χ3v) is 10.9. The number of aliphatic carboxylic acids is 1. The van der Waals surface area contributed by atoms with Gasteiger partial charge in [0.05, 0.1) is 19.1 Å². The van der Waals surface area contributed by atoms with Gasteiger partial charge in [-0.1, -0.05) is 122 Å². The molecule has 2 rings (SSSR count). The van der Waals surface area contributed by atoms with Gasteiger partial charge in [-0.2, -0.15) is 0 Å². The first kappa shape index (κ1) is 56.8. The zero-order chi connectivity index (χ0) is 50.4. The number of rotatable bonds is 28. The first-order valence-corrected chi connectivity index (χ1v) is 22.9. The maximum atomic E-state index is 13.7. The summed E-state index contributed by atoms with van der Waals surface area (Å²) in [5.41, 5.74) is 7.44. The van der Waals surface area contributed by atoms with Crippen LogP contribution in [-0.4, -0.2) is 114 Å². The normalized spacial score (nSPS) is 14.8. The van der Waals surface area contributed by atoms with Gasteiger partial charge < -0.3 is 53.4 Å². The number of carboxylic acids is 1. The topological polar surface area (TPSA) is 296 Å². The molecule has 370 valence electrons. The van der Waals surface area contributed by atoms with E-state index in [9.17, 15) is 48.3 Å². The summed E-state index contributed by atoms with van der Waals surface area (Å²) in [5, 5.41) is 30.3. The second kappa shape index (κ2) is 28.6. The standard InChI is InChI=1S/C48H73N9O10/c1-10-30(8)41(48(66)67)57-42(60)31(9)52-45(63)37(24-33-19-15-12-16-20-33)54-39(59)26-50-43(61)34(21-27(2)3)53-38(58)25-51-44(62)36(23-32-17-13-11-14-18-32)55-46(64)35(22-28(4)5)56-47(65)40(49)29(6)7/h11-20,27-31,34-37,40-41H,10,21-26,49H2,1-9H3,(H,50,61)(H,51,62)(H,52,63)(H,53,58)(H,54,59)(H,55,64)(H,56,65)(H,57,60)(H,66,67)/t30-,31-,34-,35-,36-,37-,40-,41-/m0/s1. The monoisotopic (exact) mass is 936 g/mol. The van der Waals surface area contributed by atoms with Gasteiger partial charge in [0.1, 0.15) is 36.3 Å². The van der Waals surface area contributed by atoms with Crippen LogP contribution in [0.1, 0.15) is 92.7 Å². The van der Waals surface area contributed by atoms with Crippen LogP contribution in [0.3, 0.4) is 0 Å². The molecule has 0 spiro atoms. The van der Waals surface area contributed by atoms with E-state index in [4.69, 9.17) is 5.73 Å². The fraction of sp³-hybridized carbons (Fsp3) is 0.562. The van der Waals surface area contributed by atoms with Crippen molar-refractivity contribution < 1.29 is 48.3 Å². The van der Waals surface area contributed by atoms with Crippen LogP contribution in [0.15, 0.2) is 60.7 Å². The Bertz CT molecular complexity index is 1970. The molecule has 8 amide bonds. The summed E-state index contributed by atoms with van der Waals surface area (Å²) < 4.78 is 0. The molecule has 19 heteroatoms. The van der Waals surface area contributed by atoms with Crippen LogP contribution < -0.4 is 48.3 Å². The average molecular weight is 936 g/mol. The second-order valence-electron chi connectivity index (χ2n) is 18.1. The number of carbonyl (C=O) groups excluding carboxylic acids is 8. The number of hydrogen-bond donors (Lipinski definition) is 10. The van der Waals surface area contributed by atoms with E-state index in [0.717, 1.165) is 0 Å². The third-order valence-electron chi connectivity index (χ3n) is 10.9. The van der Waals surface area contributed by atoms with Crippen LogP contribution >= 0.6 is 0 Å². The minimum absolute atomic E-state index is 0.00282. The van der Waals surface area contributed by atoms with Crippen molar-refractivity contribution in [1.82, 2.24) is 42.5 Å². The predicted molar refractivity (Wildman–Crippen MR) is 252 cm³/mol. The summed E-state index contributed by atoms with van der Waals surface area (Å²) in [6, 6.07) is 9.96. The lowest BCUT2D eigenvalue weighted by atomic mass is 9.99. The zero-order valence-corrected chi connectivity index (χ0v) is 40.3. The minimum Gasteiger partial charge on any atom is -0.480 e. The summed E-state index contributed by atoms with van der Waals surface area (Å²) in [4.78, 5) is 118. The number of amides is 8. The van der Waals surface area contributed by atoms with Crippen LogP contribution in [0, 0.1) is 23.7 Å². The first-order valence-electron chi connectivity index (χ1n) is 22.9. The summed E-state index contributed by atoms with van der Waals surface area (Å²) in [7, 11) is 0. The molecule has 2 aromatic carbocycles. The highest BCUT2D eigenvalue weighted by atomic mass is 16.4. The fourth-order valence-electron chi connectivity index (χ4n) is 6.78. The Kier molecular flexibility index (Phi) is 24.2. The molecule has 2 aromatic rings. The second-order valence-corrected chi connectivity index (χ2v) is 18.1. The van der Waals surface area contributed by atoms with Gasteiger partial charge >= 0.3 is 5.97 Å². The molecule has 0 saturated heterocycles. The largest absolute Gasteiger partial charge is 0.480 e. The van der Waals surface area contributed by atoms with E-state index < -0.39 is 109 Å². The smallest absolute Gasteiger partial charge is 0.326 e. The molecule has 0 aliphatic rings. The Morgan fingerprint density at radius 2 is 0.910 bits per heavy atom. The van der Waals surface area contributed by atoms with Gasteiger partial charge in [-0.15, -0.1) is 0 Å². The van der Waals surface area contributed by atoms with Crippen molar-refractivity contribution in [3.05, 3.63) is 71.8 Å². The van der Waals surface area contributed by atoms with Crippen LogP contribution in [0.4, 0.5) is 0 Å². The maximum absolute atomic E-state index is 13.7. The number of nitrogens with one attached hydrogen (secondary N) is 8. The fourth-order valence-corrected chi connectivity index (χ4v) is 6.78. The van der Waals surface area contributed by atoms with Crippen LogP contribution in [0.5, 0.6) is 0 Å². The molecule has 67 heavy (non-hydrogen) atoms. The van der Waals surface area contributed by atoms with E-state index >= 15 is 0 Å². The summed E-state index contributed by atoms with van der Waals surface area (Å²) >= 11 is 0. The Morgan fingerprint density at radius 3 is 1.34 bits per heavy atom. The molecular weight excluding hydrogens is 863 g/mol. The molecular formula is C48H73N9O10. The van der Waals surface area contributed by atoms with Gasteiger partial charge in [0, 0.05) is 12.8 Å². The summed E-state index contributed by atoms with van der Waals surface area (Å²) in [6.45, 7) is 14.7. The van der Waals surface area contributed by atoms with Crippen molar-refractivity contribution in [3.8, 4) is 0 Å². The molecule has 0 fully saturated rings. The van der Waals surface area contributed by atoms with Crippen LogP contribution in [0.25, 0.3) is 0 Å². The highest BCUT2D eigenvalue weighted by molar-refractivity contribution is 5.96. The molecule has 0 heterocycles. The lowest BCUT2D eigenvalue weighted by Gasteiger charge is -2.26. The molecule has 0 aromatic heterocycles. The zero-order valence-electron chi connectivity index (χ0n) is 40.3.